The summed E-state index contributed by atoms with van der Waals surface area (Å²) in [5.41, 5.74) is 11.6. The third-order valence-electron chi connectivity index (χ3n) is 19.1. The van der Waals surface area contributed by atoms with Crippen LogP contribution in [-0.2, 0) is 94.3 Å². The van der Waals surface area contributed by atoms with Crippen LogP contribution in [0.15, 0.2) is 48.5 Å². The van der Waals surface area contributed by atoms with Crippen molar-refractivity contribution in [1.29, 1.82) is 10.8 Å². The van der Waals surface area contributed by atoms with Gasteiger partial charge in [0.1, 0.15) is 71.9 Å². The third-order valence-corrected chi connectivity index (χ3v) is 19.1. The fourth-order valence-corrected chi connectivity index (χ4v) is 12.9. The van der Waals surface area contributed by atoms with E-state index in [0.717, 1.165) is 0 Å². The van der Waals surface area contributed by atoms with Gasteiger partial charge >= 0.3 is 29.8 Å². The van der Waals surface area contributed by atoms with E-state index in [4.69, 9.17) is 22.3 Å². The maximum atomic E-state index is 14.3. The van der Waals surface area contributed by atoms with Crippen LogP contribution < -0.4 is 85.9 Å². The Bertz CT molecular complexity index is 3600. The highest BCUT2D eigenvalue weighted by Gasteiger charge is 2.38. The van der Waals surface area contributed by atoms with Gasteiger partial charge in [-0.15, -0.1) is 0 Å². The molecule has 644 valence electrons. The van der Waals surface area contributed by atoms with Gasteiger partial charge in [0.2, 0.25) is 70.9 Å². The fraction of sp³-hybridized carbons (Fsp3) is 0.569. The molecule has 12 amide bonds. The number of aliphatic carboxylic acids is 5. The number of carbonyl (C=O) groups excluding carboxylic acids is 12. The normalized spacial score (nSPS) is 21.4. The first-order valence-corrected chi connectivity index (χ1v) is 38.1. The monoisotopic (exact) mass is 1650 g/mol. The number of hydrogen-bond acceptors (Lipinski definition) is 24. The van der Waals surface area contributed by atoms with Crippen molar-refractivity contribution < 1.29 is 117 Å². The largest absolute Gasteiger partial charge is 0.508 e. The Morgan fingerprint density at radius 3 is 1.03 bits per heavy atom. The number of phenolic OH excluding ortho intramolecular Hbond substituents is 2. The lowest BCUT2D eigenvalue weighted by atomic mass is 10.0. The quantitative estimate of drug-likeness (QED) is 0.0169. The summed E-state index contributed by atoms with van der Waals surface area (Å²) in [5.74, 6) is -19.0. The molecule has 3 aliphatic heterocycles. The molecule has 3 heterocycles. The van der Waals surface area contributed by atoms with Gasteiger partial charge in [0.05, 0.1) is 32.5 Å². The highest BCUT2D eigenvalue weighted by molar-refractivity contribution is 6.00. The minimum Gasteiger partial charge on any atom is -0.508 e. The van der Waals surface area contributed by atoms with E-state index in [1.165, 1.54) is 63.2 Å². The van der Waals surface area contributed by atoms with Crippen molar-refractivity contribution in [2.45, 2.75) is 176 Å². The number of unbranched alkanes of at least 4 members (excludes halogenated alkanes) is 2. The Hall–Kier alpha value is -12.6. The van der Waals surface area contributed by atoms with Gasteiger partial charge < -0.3 is 122 Å². The van der Waals surface area contributed by atoms with E-state index in [0.29, 0.717) is 11.1 Å². The number of guanidine groups is 2. The Kier molecular flexibility index (Phi) is 40.0. The lowest BCUT2D eigenvalue weighted by molar-refractivity contribution is -0.146. The predicted molar refractivity (Wildman–Crippen MR) is 410 cm³/mol. The number of carboxylic acid groups (broad SMARTS) is 5. The third kappa shape index (κ3) is 35.8. The molecular formula is C72H107N21O24. The number of nitrogens with one attached hydrogen (secondary N) is 16. The number of amides is 12. The van der Waals surface area contributed by atoms with Crippen LogP contribution in [0, 0.1) is 10.8 Å². The van der Waals surface area contributed by atoms with Gasteiger partial charge in [-0.1, -0.05) is 24.3 Å². The zero-order valence-corrected chi connectivity index (χ0v) is 64.4. The Morgan fingerprint density at radius 2 is 0.701 bits per heavy atom. The number of carboxylic acids is 5. The minimum absolute atomic E-state index is 0.00435. The summed E-state index contributed by atoms with van der Waals surface area (Å²) in [7, 11) is 0. The molecule has 45 heteroatoms. The van der Waals surface area contributed by atoms with Gasteiger partial charge in [0, 0.05) is 91.1 Å². The van der Waals surface area contributed by atoms with Gasteiger partial charge in [-0.2, -0.15) is 0 Å². The molecule has 27 N–H and O–H groups in total. The van der Waals surface area contributed by atoms with E-state index >= 15 is 0 Å². The number of nitrogens with two attached hydrogens (primary N) is 2. The Morgan fingerprint density at radius 1 is 0.393 bits per heavy atom. The zero-order chi connectivity index (χ0) is 86.3. The first kappa shape index (κ1) is 95.0. The van der Waals surface area contributed by atoms with E-state index in [-0.39, 0.29) is 192 Å². The van der Waals surface area contributed by atoms with Crippen LogP contribution >= 0.6 is 0 Å². The smallest absolute Gasteiger partial charge is 0.320 e. The SMILES string of the molecule is N=C(N)NCCC[C@@H]1NC(=O)[C@H](CCCCNC(=O)CCC(C(=O)O)N2CCN(CC(=O)O)CCN(C(CCC(=O)NCCCC[C@@H]3NC(=O)[C@@H](Cc4ccc(O)cc4)NC(=O)[C@H](CC(=O)O)NC(=O)CNC(=O)[C@H](CCCNC(=N)N)NC3=O)C(=O)O)CC2)NC(=O)[C@@H](Cc2ccc(O)cc2)NC(=O)[C@H](CC(=O)O)NC(=O)CNC1=O. The van der Waals surface area contributed by atoms with E-state index < -0.39 is 194 Å². The van der Waals surface area contributed by atoms with Gasteiger partial charge in [-0.05, 0) is 112 Å². The maximum absolute atomic E-state index is 14.3. The van der Waals surface area contributed by atoms with Crippen LogP contribution in [0.4, 0.5) is 0 Å². The molecule has 2 unspecified atom stereocenters. The van der Waals surface area contributed by atoms with E-state index in [9.17, 15) is 117 Å². The van der Waals surface area contributed by atoms with Crippen LogP contribution in [0.2, 0.25) is 0 Å². The van der Waals surface area contributed by atoms with Crippen molar-refractivity contribution in [3.8, 4) is 11.5 Å². The average Bonchev–Trinajstić information content (AvgIpc) is 1.85. The second-order valence-electron chi connectivity index (χ2n) is 28.2. The Labute approximate surface area is 671 Å². The fourth-order valence-electron chi connectivity index (χ4n) is 12.9. The minimum atomic E-state index is -1.76. The van der Waals surface area contributed by atoms with Crippen molar-refractivity contribution in [3.63, 3.8) is 0 Å². The van der Waals surface area contributed by atoms with Crippen LogP contribution in [0.25, 0.3) is 0 Å². The molecule has 5 rings (SSSR count). The number of phenols is 2. The highest BCUT2D eigenvalue weighted by Crippen LogP contribution is 2.19. The lowest BCUT2D eigenvalue weighted by Gasteiger charge is -2.32. The Balaban J connectivity index is 1.24. The molecule has 117 heavy (non-hydrogen) atoms. The zero-order valence-electron chi connectivity index (χ0n) is 64.4. The van der Waals surface area contributed by atoms with Crippen molar-refractivity contribution in [2.24, 2.45) is 11.5 Å². The van der Waals surface area contributed by atoms with Crippen molar-refractivity contribution >= 4 is 113 Å². The topological polar surface area (TPSA) is 710 Å². The molecule has 45 nitrogen and oxygen atoms in total. The molecule has 3 saturated heterocycles. The van der Waals surface area contributed by atoms with Gasteiger partial charge in [0.15, 0.2) is 11.9 Å². The molecule has 0 spiro atoms. The average molecular weight is 1650 g/mol. The predicted octanol–water partition coefficient (Wildman–Crippen LogP) is -7.46. The first-order valence-electron chi connectivity index (χ1n) is 38.1. The van der Waals surface area contributed by atoms with Crippen LogP contribution in [-0.4, -0.2) is 309 Å². The van der Waals surface area contributed by atoms with E-state index in [1.807, 2.05) is 0 Å². The molecular weight excluding hydrogens is 1540 g/mol. The second kappa shape index (κ2) is 49.3. The molecule has 2 aromatic rings. The number of hydrogen-bond donors (Lipinski definition) is 25. The van der Waals surface area contributed by atoms with Crippen molar-refractivity contribution in [1.82, 2.24) is 89.1 Å². The van der Waals surface area contributed by atoms with Crippen molar-refractivity contribution in [2.75, 3.05) is 85.1 Å². The number of aromatic hydroxyl groups is 2. The maximum Gasteiger partial charge on any atom is 0.320 e. The van der Waals surface area contributed by atoms with E-state index in [2.05, 4.69) is 74.4 Å². The summed E-state index contributed by atoms with van der Waals surface area (Å²) in [6.07, 6.45) is -3.64. The van der Waals surface area contributed by atoms with Gasteiger partial charge in [-0.3, -0.25) is 107 Å². The molecule has 0 saturated carbocycles. The van der Waals surface area contributed by atoms with E-state index in [1.54, 1.807) is 0 Å². The van der Waals surface area contributed by atoms with Gasteiger partial charge in [-0.25, -0.2) is 0 Å². The van der Waals surface area contributed by atoms with Crippen molar-refractivity contribution in [3.05, 3.63) is 59.7 Å². The second-order valence-corrected chi connectivity index (χ2v) is 28.2. The van der Waals surface area contributed by atoms with Gasteiger partial charge in [0.25, 0.3) is 0 Å². The summed E-state index contributed by atoms with van der Waals surface area (Å²) in [4.78, 5) is 231. The molecule has 2 aromatic carbocycles. The van der Waals surface area contributed by atoms with Crippen LogP contribution in [0.1, 0.15) is 114 Å². The number of nitrogens with zero attached hydrogens (tertiary/aromatic N) is 3. The number of rotatable bonds is 38. The standard InChI is InChI=1S/C72H107N21O24/c73-71(74)79-25-5-9-44-61(106)81-37-56(98)83-50(35-58(100)101)67(112)89-48(33-40-11-15-42(94)16-12-40)65(110)87-46(63(108)85-44)7-1-3-23-77-54(96)21-19-52(69(114)115)92-29-27-91(39-60(104)105)28-30-93(32-31-92)53(70(116)117)20-22-55(97)78-24-4-2-8-47-64(109)86-45(10-6-26-80-72(75)76)62(107)82-38-57(99)84-51(36-59(102)103)68(113)90-49(66(111)88-47)34-41-13-17-43(95)18-14-41/h11-18,44-53,94-95H,1-10,19-39H2,(H,77,96)(H,78,97)(H,81,106)(H,82,107)(H,83,98)(H,84,99)(H,85,108)(H,86,109)(H,87,110)(H,88,111)(H,89,112)(H,90,113)(H,100,101)(H,102,103)(H,104,105)(H,114,115)(H,116,117)(H4,73,74,79)(H4,75,76,80)/t44-,45-,46-,47-,48+,49+,50-,51-,52?,53?/m0/s1. The molecule has 0 radical (unpaired) electrons. The number of carbonyl (C=O) groups is 17. The summed E-state index contributed by atoms with van der Waals surface area (Å²) in [6.45, 7) is -2.38. The first-order chi connectivity index (χ1) is 55.5. The number of benzene rings is 2. The van der Waals surface area contributed by atoms with Crippen LogP contribution in [0.3, 0.4) is 0 Å². The molecule has 3 fully saturated rings. The molecule has 0 bridgehead atoms. The lowest BCUT2D eigenvalue weighted by Crippen LogP contribution is -2.58. The summed E-state index contributed by atoms with van der Waals surface area (Å²) in [6, 6.07) is -4.06. The molecule has 3 aliphatic rings. The molecule has 10 atom stereocenters. The molecule has 0 aromatic heterocycles. The highest BCUT2D eigenvalue weighted by atomic mass is 16.4. The molecule has 0 aliphatic carbocycles. The van der Waals surface area contributed by atoms with Crippen LogP contribution in [0.5, 0.6) is 11.5 Å². The summed E-state index contributed by atoms with van der Waals surface area (Å²) >= 11 is 0. The summed E-state index contributed by atoms with van der Waals surface area (Å²) in [5, 5.41) is 120. The summed E-state index contributed by atoms with van der Waals surface area (Å²) < 4.78 is 0.